The van der Waals surface area contributed by atoms with Crippen LogP contribution in [0.15, 0.2) is 42.5 Å². The molecule has 110 valence electrons. The third kappa shape index (κ3) is 4.61. The third-order valence-electron chi connectivity index (χ3n) is 2.89. The second-order valence-corrected chi connectivity index (χ2v) is 6.26. The van der Waals surface area contributed by atoms with Gasteiger partial charge in [-0.3, -0.25) is 4.79 Å². The monoisotopic (exact) mass is 414 g/mol. The van der Waals surface area contributed by atoms with E-state index in [4.69, 9.17) is 11.6 Å². The number of carbonyl (C=O) groups excluding carboxylic acids is 1. The molecule has 0 unspecified atom stereocenters. The van der Waals surface area contributed by atoms with Crippen LogP contribution >= 0.6 is 34.2 Å². The Morgan fingerprint density at radius 2 is 1.90 bits per heavy atom. The second kappa shape index (κ2) is 7.66. The van der Waals surface area contributed by atoms with Crippen molar-refractivity contribution in [1.82, 2.24) is 0 Å². The van der Waals surface area contributed by atoms with Crippen molar-refractivity contribution in [3.05, 3.63) is 56.6 Å². The van der Waals surface area contributed by atoms with Gasteiger partial charge in [-0.05, 0) is 71.5 Å². The van der Waals surface area contributed by atoms with Crippen LogP contribution in [0.4, 0.5) is 11.4 Å². The fourth-order valence-electron chi connectivity index (χ4n) is 1.85. The van der Waals surface area contributed by atoms with E-state index in [0.717, 1.165) is 27.9 Å². The minimum Gasteiger partial charge on any atom is -0.384 e. The predicted molar refractivity (Wildman–Crippen MR) is 97.3 cm³/mol. The first-order valence-corrected chi connectivity index (χ1v) is 8.16. The fourth-order valence-corrected chi connectivity index (χ4v) is 2.38. The maximum Gasteiger partial charge on any atom is 0.257 e. The van der Waals surface area contributed by atoms with Gasteiger partial charge in [0, 0.05) is 26.5 Å². The quantitative estimate of drug-likeness (QED) is 0.675. The lowest BCUT2D eigenvalue weighted by Crippen LogP contribution is -2.15. The average Bonchev–Trinajstić information content (AvgIpc) is 2.48. The predicted octanol–water partition coefficient (Wildman–Crippen LogP) is 5.02. The summed E-state index contributed by atoms with van der Waals surface area (Å²) in [4.78, 5) is 12.4. The highest BCUT2D eigenvalue weighted by Gasteiger charge is 2.12. The lowest BCUT2D eigenvalue weighted by atomic mass is 10.1. The summed E-state index contributed by atoms with van der Waals surface area (Å²) >= 11 is 8.24. The molecule has 0 aliphatic rings. The van der Waals surface area contributed by atoms with Crippen molar-refractivity contribution in [3.8, 4) is 0 Å². The first kappa shape index (κ1) is 16.1. The SMILES string of the molecule is CCCNc1ccc(Cl)cc1C(=O)Nc1ccc(I)cc1. The van der Waals surface area contributed by atoms with Gasteiger partial charge in [-0.1, -0.05) is 18.5 Å². The Bertz CT molecular complexity index is 629. The molecule has 0 spiro atoms. The number of hydrogen-bond acceptors (Lipinski definition) is 2. The van der Waals surface area contributed by atoms with Crippen molar-refractivity contribution in [2.75, 3.05) is 17.2 Å². The molecule has 0 fully saturated rings. The summed E-state index contributed by atoms with van der Waals surface area (Å²) in [5, 5.41) is 6.68. The summed E-state index contributed by atoms with van der Waals surface area (Å²) < 4.78 is 1.12. The first-order valence-electron chi connectivity index (χ1n) is 6.70. The average molecular weight is 415 g/mol. The van der Waals surface area contributed by atoms with E-state index in [1.807, 2.05) is 30.3 Å². The summed E-state index contributed by atoms with van der Waals surface area (Å²) in [6.07, 6.45) is 0.987. The van der Waals surface area contributed by atoms with Crippen LogP contribution in [0.25, 0.3) is 0 Å². The van der Waals surface area contributed by atoms with E-state index in [1.54, 1.807) is 12.1 Å². The van der Waals surface area contributed by atoms with Gasteiger partial charge in [0.15, 0.2) is 0 Å². The van der Waals surface area contributed by atoms with E-state index >= 15 is 0 Å². The van der Waals surface area contributed by atoms with Crippen molar-refractivity contribution in [3.63, 3.8) is 0 Å². The Balaban J connectivity index is 2.20. The molecule has 0 radical (unpaired) electrons. The minimum atomic E-state index is -0.169. The topological polar surface area (TPSA) is 41.1 Å². The van der Waals surface area contributed by atoms with E-state index in [-0.39, 0.29) is 5.91 Å². The number of amides is 1. The molecule has 0 bridgehead atoms. The zero-order chi connectivity index (χ0) is 15.2. The number of nitrogens with one attached hydrogen (secondary N) is 2. The molecule has 21 heavy (non-hydrogen) atoms. The third-order valence-corrected chi connectivity index (χ3v) is 3.85. The molecule has 2 rings (SSSR count). The van der Waals surface area contributed by atoms with Gasteiger partial charge >= 0.3 is 0 Å². The van der Waals surface area contributed by atoms with Gasteiger partial charge in [0.2, 0.25) is 0 Å². The van der Waals surface area contributed by atoms with Crippen LogP contribution in [0.3, 0.4) is 0 Å². The Hall–Kier alpha value is -1.27. The van der Waals surface area contributed by atoms with Gasteiger partial charge in [0.05, 0.1) is 5.56 Å². The van der Waals surface area contributed by atoms with Crippen molar-refractivity contribution < 1.29 is 4.79 Å². The molecular formula is C16H16ClIN2O. The van der Waals surface area contributed by atoms with Crippen molar-refractivity contribution in [2.24, 2.45) is 0 Å². The lowest BCUT2D eigenvalue weighted by molar-refractivity contribution is 0.102. The van der Waals surface area contributed by atoms with E-state index in [0.29, 0.717) is 10.6 Å². The van der Waals surface area contributed by atoms with Crippen molar-refractivity contribution >= 4 is 51.5 Å². The van der Waals surface area contributed by atoms with Crippen LogP contribution < -0.4 is 10.6 Å². The minimum absolute atomic E-state index is 0.169. The molecule has 0 heterocycles. The number of carbonyl (C=O) groups is 1. The van der Waals surface area contributed by atoms with Gasteiger partial charge in [-0.15, -0.1) is 0 Å². The highest BCUT2D eigenvalue weighted by atomic mass is 127. The summed E-state index contributed by atoms with van der Waals surface area (Å²) in [6, 6.07) is 12.9. The van der Waals surface area contributed by atoms with Crippen molar-refractivity contribution in [1.29, 1.82) is 0 Å². The Morgan fingerprint density at radius 1 is 1.19 bits per heavy atom. The molecule has 0 aromatic heterocycles. The van der Waals surface area contributed by atoms with Crippen LogP contribution in [0.5, 0.6) is 0 Å². The molecule has 0 aliphatic carbocycles. The van der Waals surface area contributed by atoms with Crippen molar-refractivity contribution in [2.45, 2.75) is 13.3 Å². The molecule has 0 saturated carbocycles. The number of anilines is 2. The van der Waals surface area contributed by atoms with Gasteiger partial charge in [0.1, 0.15) is 0 Å². The molecule has 5 heteroatoms. The van der Waals surface area contributed by atoms with Crippen LogP contribution in [-0.2, 0) is 0 Å². The zero-order valence-corrected chi connectivity index (χ0v) is 14.5. The largest absolute Gasteiger partial charge is 0.384 e. The van der Waals surface area contributed by atoms with E-state index < -0.39 is 0 Å². The highest BCUT2D eigenvalue weighted by molar-refractivity contribution is 14.1. The van der Waals surface area contributed by atoms with Crippen LogP contribution in [0, 0.1) is 3.57 Å². The molecule has 1 amide bonds. The molecule has 2 aromatic rings. The van der Waals surface area contributed by atoms with Crippen LogP contribution in [0.2, 0.25) is 5.02 Å². The summed E-state index contributed by atoms with van der Waals surface area (Å²) in [5.41, 5.74) is 2.11. The molecule has 2 aromatic carbocycles. The van der Waals surface area contributed by atoms with Crippen LogP contribution in [0.1, 0.15) is 23.7 Å². The molecule has 0 atom stereocenters. The van der Waals surface area contributed by atoms with Gasteiger partial charge in [0.25, 0.3) is 5.91 Å². The maximum absolute atomic E-state index is 12.4. The van der Waals surface area contributed by atoms with E-state index in [2.05, 4.69) is 40.1 Å². The summed E-state index contributed by atoms with van der Waals surface area (Å²) in [6.45, 7) is 2.89. The zero-order valence-electron chi connectivity index (χ0n) is 11.6. The van der Waals surface area contributed by atoms with E-state index in [1.165, 1.54) is 0 Å². The summed E-state index contributed by atoms with van der Waals surface area (Å²) in [5.74, 6) is -0.169. The van der Waals surface area contributed by atoms with Gasteiger partial charge < -0.3 is 10.6 Å². The molecule has 3 nitrogen and oxygen atoms in total. The standard InChI is InChI=1S/C16H16ClIN2O/c1-2-9-19-15-8-3-11(17)10-14(15)16(21)20-13-6-4-12(18)5-7-13/h3-8,10,19H,2,9H2,1H3,(H,20,21). The number of rotatable bonds is 5. The summed E-state index contributed by atoms with van der Waals surface area (Å²) in [7, 11) is 0. The van der Waals surface area contributed by atoms with Crippen LogP contribution in [-0.4, -0.2) is 12.5 Å². The number of hydrogen-bond donors (Lipinski definition) is 2. The van der Waals surface area contributed by atoms with E-state index in [9.17, 15) is 4.79 Å². The van der Waals surface area contributed by atoms with Gasteiger partial charge in [-0.25, -0.2) is 0 Å². The smallest absolute Gasteiger partial charge is 0.257 e. The molecule has 0 aliphatic heterocycles. The Kier molecular flexibility index (Phi) is 5.87. The lowest BCUT2D eigenvalue weighted by Gasteiger charge is -2.12. The number of benzene rings is 2. The van der Waals surface area contributed by atoms with Gasteiger partial charge in [-0.2, -0.15) is 0 Å². The fraction of sp³-hybridized carbons (Fsp3) is 0.188. The molecular weight excluding hydrogens is 399 g/mol. The Morgan fingerprint density at radius 3 is 2.57 bits per heavy atom. The molecule has 2 N–H and O–H groups in total. The normalized spacial score (nSPS) is 10.2. The number of halogens is 2. The first-order chi connectivity index (χ1) is 10.1. The second-order valence-electron chi connectivity index (χ2n) is 4.58. The Labute approximate surface area is 143 Å². The highest BCUT2D eigenvalue weighted by Crippen LogP contribution is 2.22. The molecule has 0 saturated heterocycles. The maximum atomic E-state index is 12.4.